The first-order valence-corrected chi connectivity index (χ1v) is 6.83. The van der Waals surface area contributed by atoms with Gasteiger partial charge in [0.05, 0.1) is 6.10 Å². The number of rotatable bonds is 4. The highest BCUT2D eigenvalue weighted by atomic mass is 16.3. The Labute approximate surface area is 101 Å². The largest absolute Gasteiger partial charge is 0.389 e. The summed E-state index contributed by atoms with van der Waals surface area (Å²) < 4.78 is 0. The Kier molecular flexibility index (Phi) is 5.04. The molecule has 3 atom stereocenters. The van der Waals surface area contributed by atoms with E-state index in [0.29, 0.717) is 11.3 Å². The standard InChI is InChI=1S/C15H28O/c1-5-7-13(16)9-10-14-12(2)8-6-11-15(14,3)4/h9-10,12-14,16H,5-8,11H2,1-4H3/b10-9+/t12-,13?,14+/m0/s1. The summed E-state index contributed by atoms with van der Waals surface area (Å²) in [5, 5.41) is 9.75. The topological polar surface area (TPSA) is 20.2 Å². The van der Waals surface area contributed by atoms with Crippen molar-refractivity contribution in [2.24, 2.45) is 17.3 Å². The molecule has 0 saturated heterocycles. The summed E-state index contributed by atoms with van der Waals surface area (Å²) in [6, 6.07) is 0. The highest BCUT2D eigenvalue weighted by Crippen LogP contribution is 2.44. The number of hydrogen-bond donors (Lipinski definition) is 1. The van der Waals surface area contributed by atoms with Crippen molar-refractivity contribution in [1.29, 1.82) is 0 Å². The van der Waals surface area contributed by atoms with Crippen LogP contribution in [-0.4, -0.2) is 11.2 Å². The van der Waals surface area contributed by atoms with E-state index in [9.17, 15) is 5.11 Å². The molecule has 1 heteroatoms. The van der Waals surface area contributed by atoms with Gasteiger partial charge in [-0.2, -0.15) is 0 Å². The minimum absolute atomic E-state index is 0.241. The maximum Gasteiger partial charge on any atom is 0.0720 e. The molecule has 0 bridgehead atoms. The van der Waals surface area contributed by atoms with Crippen molar-refractivity contribution in [1.82, 2.24) is 0 Å². The second kappa shape index (κ2) is 5.86. The smallest absolute Gasteiger partial charge is 0.0720 e. The van der Waals surface area contributed by atoms with E-state index in [-0.39, 0.29) is 6.10 Å². The van der Waals surface area contributed by atoms with E-state index in [1.54, 1.807) is 0 Å². The molecular formula is C15H28O. The maximum atomic E-state index is 9.75. The fourth-order valence-corrected chi connectivity index (χ4v) is 3.09. The van der Waals surface area contributed by atoms with E-state index in [1.807, 2.05) is 6.08 Å². The zero-order valence-electron chi connectivity index (χ0n) is 11.4. The highest BCUT2D eigenvalue weighted by Gasteiger charge is 2.34. The number of aliphatic hydroxyl groups excluding tert-OH is 1. The average Bonchev–Trinajstić information content (AvgIpc) is 2.16. The van der Waals surface area contributed by atoms with Crippen molar-refractivity contribution in [3.8, 4) is 0 Å². The van der Waals surface area contributed by atoms with Crippen LogP contribution in [0, 0.1) is 17.3 Å². The fourth-order valence-electron chi connectivity index (χ4n) is 3.09. The predicted molar refractivity (Wildman–Crippen MR) is 70.3 cm³/mol. The molecule has 0 spiro atoms. The van der Waals surface area contributed by atoms with Crippen LogP contribution in [0.3, 0.4) is 0 Å². The molecule has 0 heterocycles. The SMILES string of the molecule is CCCC(O)/C=C/[C@@H]1[C@@H](C)CCCC1(C)C. The normalized spacial score (nSPS) is 31.8. The third-order valence-electron chi connectivity index (χ3n) is 4.12. The second-order valence-corrected chi connectivity index (χ2v) is 6.12. The molecule has 1 aliphatic rings. The minimum atomic E-state index is -0.241. The number of allylic oxidation sites excluding steroid dienone is 1. The molecule has 1 unspecified atom stereocenters. The minimum Gasteiger partial charge on any atom is -0.389 e. The first-order chi connectivity index (χ1) is 7.47. The van der Waals surface area contributed by atoms with E-state index in [2.05, 4.69) is 33.8 Å². The van der Waals surface area contributed by atoms with Crippen LogP contribution in [0.15, 0.2) is 12.2 Å². The van der Waals surface area contributed by atoms with Crippen LogP contribution in [0.1, 0.15) is 59.8 Å². The van der Waals surface area contributed by atoms with Crippen LogP contribution in [0.2, 0.25) is 0 Å². The average molecular weight is 224 g/mol. The van der Waals surface area contributed by atoms with Crippen LogP contribution in [0.4, 0.5) is 0 Å². The lowest BCUT2D eigenvalue weighted by Crippen LogP contribution is -2.32. The van der Waals surface area contributed by atoms with Gasteiger partial charge in [-0.1, -0.05) is 59.1 Å². The molecule has 16 heavy (non-hydrogen) atoms. The van der Waals surface area contributed by atoms with Gasteiger partial charge in [-0.3, -0.25) is 0 Å². The van der Waals surface area contributed by atoms with Crippen molar-refractivity contribution in [3.63, 3.8) is 0 Å². The summed E-state index contributed by atoms with van der Waals surface area (Å²) in [5.74, 6) is 1.39. The first-order valence-electron chi connectivity index (χ1n) is 6.83. The van der Waals surface area contributed by atoms with E-state index in [0.717, 1.165) is 18.8 Å². The predicted octanol–water partition coefficient (Wildman–Crippen LogP) is 4.17. The Morgan fingerprint density at radius 2 is 2.12 bits per heavy atom. The van der Waals surface area contributed by atoms with Crippen LogP contribution in [-0.2, 0) is 0 Å². The van der Waals surface area contributed by atoms with Gasteiger partial charge in [0.2, 0.25) is 0 Å². The molecule has 0 aromatic heterocycles. The van der Waals surface area contributed by atoms with Gasteiger partial charge >= 0.3 is 0 Å². The number of aliphatic hydroxyl groups is 1. The number of hydrogen-bond acceptors (Lipinski definition) is 1. The molecule has 0 aliphatic heterocycles. The van der Waals surface area contributed by atoms with E-state index >= 15 is 0 Å². The molecule has 0 radical (unpaired) electrons. The van der Waals surface area contributed by atoms with Crippen molar-refractivity contribution < 1.29 is 5.11 Å². The summed E-state index contributed by atoms with van der Waals surface area (Å²) in [7, 11) is 0. The molecule has 1 N–H and O–H groups in total. The van der Waals surface area contributed by atoms with Crippen LogP contribution >= 0.6 is 0 Å². The molecule has 0 amide bonds. The lowest BCUT2D eigenvalue weighted by atomic mass is 9.64. The third kappa shape index (κ3) is 3.62. The van der Waals surface area contributed by atoms with Gasteiger partial charge in [-0.25, -0.2) is 0 Å². The molecule has 1 aliphatic carbocycles. The summed E-state index contributed by atoms with van der Waals surface area (Å²) in [6.07, 6.45) is 10.0. The van der Waals surface area contributed by atoms with Crippen LogP contribution in [0.5, 0.6) is 0 Å². The molecular weight excluding hydrogens is 196 g/mol. The Hall–Kier alpha value is -0.300. The quantitative estimate of drug-likeness (QED) is 0.711. The van der Waals surface area contributed by atoms with Crippen molar-refractivity contribution in [3.05, 3.63) is 12.2 Å². The molecule has 1 fully saturated rings. The maximum absolute atomic E-state index is 9.75. The lowest BCUT2D eigenvalue weighted by Gasteiger charge is -2.41. The molecule has 1 rings (SSSR count). The summed E-state index contributed by atoms with van der Waals surface area (Å²) in [5.41, 5.74) is 0.403. The van der Waals surface area contributed by atoms with Gasteiger partial charge in [0.1, 0.15) is 0 Å². The second-order valence-electron chi connectivity index (χ2n) is 6.12. The van der Waals surface area contributed by atoms with Crippen molar-refractivity contribution in [2.45, 2.75) is 65.9 Å². The Morgan fingerprint density at radius 1 is 1.44 bits per heavy atom. The monoisotopic (exact) mass is 224 g/mol. The van der Waals surface area contributed by atoms with Gasteiger partial charge in [-0.15, -0.1) is 0 Å². The third-order valence-corrected chi connectivity index (χ3v) is 4.12. The summed E-state index contributed by atoms with van der Waals surface area (Å²) in [6.45, 7) is 9.19. The Bertz CT molecular complexity index is 230. The first kappa shape index (κ1) is 13.8. The van der Waals surface area contributed by atoms with Gasteiger partial charge in [-0.05, 0) is 30.1 Å². The van der Waals surface area contributed by atoms with Crippen LogP contribution < -0.4 is 0 Å². The summed E-state index contributed by atoms with van der Waals surface area (Å²) >= 11 is 0. The lowest BCUT2D eigenvalue weighted by molar-refractivity contribution is 0.121. The Morgan fingerprint density at radius 3 is 2.69 bits per heavy atom. The van der Waals surface area contributed by atoms with Gasteiger partial charge < -0.3 is 5.11 Å². The Balaban J connectivity index is 2.61. The molecule has 0 aromatic rings. The van der Waals surface area contributed by atoms with Gasteiger partial charge in [0.15, 0.2) is 0 Å². The zero-order valence-corrected chi connectivity index (χ0v) is 11.4. The molecule has 1 saturated carbocycles. The zero-order chi connectivity index (χ0) is 12.2. The van der Waals surface area contributed by atoms with Crippen LogP contribution in [0.25, 0.3) is 0 Å². The van der Waals surface area contributed by atoms with Crippen molar-refractivity contribution >= 4 is 0 Å². The molecule has 0 aromatic carbocycles. The molecule has 1 nitrogen and oxygen atoms in total. The van der Waals surface area contributed by atoms with Crippen molar-refractivity contribution in [2.75, 3.05) is 0 Å². The molecule has 94 valence electrons. The highest BCUT2D eigenvalue weighted by molar-refractivity contribution is 5.02. The fraction of sp³-hybridized carbons (Fsp3) is 0.867. The van der Waals surface area contributed by atoms with E-state index in [1.165, 1.54) is 19.3 Å². The van der Waals surface area contributed by atoms with Gasteiger partial charge in [0, 0.05) is 0 Å². The van der Waals surface area contributed by atoms with Gasteiger partial charge in [0.25, 0.3) is 0 Å². The summed E-state index contributed by atoms with van der Waals surface area (Å²) in [4.78, 5) is 0. The van der Waals surface area contributed by atoms with E-state index < -0.39 is 0 Å². The van der Waals surface area contributed by atoms with E-state index in [4.69, 9.17) is 0 Å².